The van der Waals surface area contributed by atoms with Crippen LogP contribution in [-0.2, 0) is 4.79 Å². The van der Waals surface area contributed by atoms with E-state index in [1.54, 1.807) is 36.4 Å². The van der Waals surface area contributed by atoms with Gasteiger partial charge in [0.25, 0.3) is 11.8 Å². The molecule has 1 unspecified atom stereocenters. The average Bonchev–Trinajstić information content (AvgIpc) is 3.16. The largest absolute Gasteiger partial charge is 0.459 e. The van der Waals surface area contributed by atoms with Gasteiger partial charge in [0, 0.05) is 19.0 Å². The van der Waals surface area contributed by atoms with E-state index in [2.05, 4.69) is 16.0 Å². The van der Waals surface area contributed by atoms with E-state index in [4.69, 9.17) is 4.42 Å². The number of para-hydroxylation sites is 1. The van der Waals surface area contributed by atoms with Crippen molar-refractivity contribution >= 4 is 23.4 Å². The fourth-order valence-electron chi connectivity index (χ4n) is 2.19. The Bertz CT molecular complexity index is 756. The summed E-state index contributed by atoms with van der Waals surface area (Å²) in [4.78, 5) is 36.2. The molecule has 0 spiro atoms. The number of amides is 3. The maximum Gasteiger partial charge on any atom is 0.286 e. The standard InChI is InChI=1S/C19H23N3O4/c1-3-13(2)21-18(24)14-7-4-5-8-15(14)22-17(23)10-11-20-19(25)16-9-6-12-26-16/h4-9,12-13H,3,10-11H2,1-2H3,(H,20,25)(H,21,24)(H,22,23). The minimum atomic E-state index is -0.379. The highest BCUT2D eigenvalue weighted by Gasteiger charge is 2.15. The van der Waals surface area contributed by atoms with Crippen LogP contribution in [-0.4, -0.2) is 30.3 Å². The van der Waals surface area contributed by atoms with Crippen LogP contribution in [0.25, 0.3) is 0 Å². The Balaban J connectivity index is 1.88. The highest BCUT2D eigenvalue weighted by Crippen LogP contribution is 2.15. The second-order valence-corrected chi connectivity index (χ2v) is 5.86. The third kappa shape index (κ3) is 5.47. The number of hydrogen-bond acceptors (Lipinski definition) is 4. The van der Waals surface area contributed by atoms with Crippen molar-refractivity contribution in [2.45, 2.75) is 32.7 Å². The number of benzene rings is 1. The minimum absolute atomic E-state index is 0.0445. The molecular weight excluding hydrogens is 334 g/mol. The van der Waals surface area contributed by atoms with Crippen LogP contribution >= 0.6 is 0 Å². The zero-order valence-electron chi connectivity index (χ0n) is 14.9. The first-order valence-electron chi connectivity index (χ1n) is 8.52. The van der Waals surface area contributed by atoms with E-state index < -0.39 is 0 Å². The van der Waals surface area contributed by atoms with Crippen LogP contribution in [0.5, 0.6) is 0 Å². The number of anilines is 1. The SMILES string of the molecule is CCC(C)NC(=O)c1ccccc1NC(=O)CCNC(=O)c1ccco1. The summed E-state index contributed by atoms with van der Waals surface area (Å²) in [5.41, 5.74) is 0.844. The average molecular weight is 357 g/mol. The number of hydrogen-bond donors (Lipinski definition) is 3. The molecule has 1 atom stereocenters. The summed E-state index contributed by atoms with van der Waals surface area (Å²) >= 11 is 0. The second-order valence-electron chi connectivity index (χ2n) is 5.86. The molecule has 3 N–H and O–H groups in total. The maximum absolute atomic E-state index is 12.3. The van der Waals surface area contributed by atoms with Crippen molar-refractivity contribution in [2.24, 2.45) is 0 Å². The van der Waals surface area contributed by atoms with Crippen molar-refractivity contribution in [3.8, 4) is 0 Å². The zero-order valence-corrected chi connectivity index (χ0v) is 14.9. The van der Waals surface area contributed by atoms with Gasteiger partial charge < -0.3 is 20.4 Å². The smallest absolute Gasteiger partial charge is 0.286 e. The first-order chi connectivity index (χ1) is 12.5. The molecule has 7 nitrogen and oxygen atoms in total. The first-order valence-corrected chi connectivity index (χ1v) is 8.52. The molecule has 0 radical (unpaired) electrons. The predicted octanol–water partition coefficient (Wildman–Crippen LogP) is 2.57. The maximum atomic E-state index is 12.3. The molecule has 3 amide bonds. The van der Waals surface area contributed by atoms with E-state index in [-0.39, 0.29) is 42.5 Å². The Hall–Kier alpha value is -3.09. The molecule has 0 fully saturated rings. The summed E-state index contributed by atoms with van der Waals surface area (Å²) in [5.74, 6) is -0.719. The highest BCUT2D eigenvalue weighted by atomic mass is 16.3. The fraction of sp³-hybridized carbons (Fsp3) is 0.316. The van der Waals surface area contributed by atoms with Gasteiger partial charge in [-0.1, -0.05) is 19.1 Å². The lowest BCUT2D eigenvalue weighted by Crippen LogP contribution is -2.33. The first kappa shape index (κ1) is 19.2. The molecule has 1 aromatic heterocycles. The van der Waals surface area contributed by atoms with Gasteiger partial charge in [0.15, 0.2) is 5.76 Å². The van der Waals surface area contributed by atoms with Gasteiger partial charge in [0.1, 0.15) is 0 Å². The molecule has 1 heterocycles. The van der Waals surface area contributed by atoms with Gasteiger partial charge in [0.05, 0.1) is 17.5 Å². The molecule has 2 aromatic rings. The Morgan fingerprint density at radius 2 is 1.85 bits per heavy atom. The van der Waals surface area contributed by atoms with Crippen molar-refractivity contribution in [3.63, 3.8) is 0 Å². The summed E-state index contributed by atoms with van der Waals surface area (Å²) in [5, 5.41) is 8.19. The van der Waals surface area contributed by atoms with E-state index in [0.717, 1.165) is 6.42 Å². The van der Waals surface area contributed by atoms with Crippen LogP contribution in [0.3, 0.4) is 0 Å². The van der Waals surface area contributed by atoms with Crippen molar-refractivity contribution in [1.82, 2.24) is 10.6 Å². The summed E-state index contributed by atoms with van der Waals surface area (Å²) in [7, 11) is 0. The molecule has 138 valence electrons. The molecule has 0 bridgehead atoms. The fourth-order valence-corrected chi connectivity index (χ4v) is 2.19. The summed E-state index contributed by atoms with van der Waals surface area (Å²) in [6, 6.07) is 10.0. The highest BCUT2D eigenvalue weighted by molar-refractivity contribution is 6.04. The number of nitrogens with one attached hydrogen (secondary N) is 3. The molecule has 26 heavy (non-hydrogen) atoms. The Kier molecular flexibility index (Phi) is 6.96. The van der Waals surface area contributed by atoms with Crippen LogP contribution in [0.15, 0.2) is 47.1 Å². The summed E-state index contributed by atoms with van der Waals surface area (Å²) < 4.78 is 4.97. The normalized spacial score (nSPS) is 11.5. The monoisotopic (exact) mass is 357 g/mol. The molecule has 0 saturated heterocycles. The van der Waals surface area contributed by atoms with Crippen molar-refractivity contribution < 1.29 is 18.8 Å². The van der Waals surface area contributed by atoms with Crippen LogP contribution in [0.4, 0.5) is 5.69 Å². The Morgan fingerprint density at radius 3 is 2.54 bits per heavy atom. The molecule has 0 saturated carbocycles. The third-order valence-electron chi connectivity index (χ3n) is 3.82. The molecule has 0 aliphatic heterocycles. The van der Waals surface area contributed by atoms with Crippen molar-refractivity contribution in [2.75, 3.05) is 11.9 Å². The lowest BCUT2D eigenvalue weighted by molar-refractivity contribution is -0.116. The van der Waals surface area contributed by atoms with Gasteiger partial charge in [0.2, 0.25) is 5.91 Å². The summed E-state index contributed by atoms with van der Waals surface area (Å²) in [6.07, 6.45) is 2.30. The lowest BCUT2D eigenvalue weighted by Gasteiger charge is -2.14. The number of rotatable bonds is 8. The van der Waals surface area contributed by atoms with E-state index in [1.165, 1.54) is 6.26 Å². The summed E-state index contributed by atoms with van der Waals surface area (Å²) in [6.45, 7) is 4.06. The second kappa shape index (κ2) is 9.41. The quantitative estimate of drug-likeness (QED) is 0.676. The molecule has 0 aliphatic rings. The van der Waals surface area contributed by atoms with Crippen LogP contribution < -0.4 is 16.0 Å². The van der Waals surface area contributed by atoms with Gasteiger partial charge >= 0.3 is 0 Å². The van der Waals surface area contributed by atoms with Crippen LogP contribution in [0.1, 0.15) is 47.6 Å². The lowest BCUT2D eigenvalue weighted by atomic mass is 10.1. The van der Waals surface area contributed by atoms with Crippen molar-refractivity contribution in [1.29, 1.82) is 0 Å². The molecule has 2 rings (SSSR count). The van der Waals surface area contributed by atoms with Crippen LogP contribution in [0.2, 0.25) is 0 Å². The Morgan fingerprint density at radius 1 is 1.08 bits per heavy atom. The van der Waals surface area contributed by atoms with E-state index in [0.29, 0.717) is 11.3 Å². The molecule has 1 aromatic carbocycles. The number of carbonyl (C=O) groups is 3. The van der Waals surface area contributed by atoms with Crippen LogP contribution in [0, 0.1) is 0 Å². The molecular formula is C19H23N3O4. The van der Waals surface area contributed by atoms with Gasteiger partial charge in [-0.2, -0.15) is 0 Å². The topological polar surface area (TPSA) is 100 Å². The molecule has 7 heteroatoms. The number of carbonyl (C=O) groups excluding carboxylic acids is 3. The zero-order chi connectivity index (χ0) is 18.9. The third-order valence-corrected chi connectivity index (χ3v) is 3.82. The van der Waals surface area contributed by atoms with E-state index >= 15 is 0 Å². The van der Waals surface area contributed by atoms with E-state index in [9.17, 15) is 14.4 Å². The van der Waals surface area contributed by atoms with Gasteiger partial charge in [-0.3, -0.25) is 14.4 Å². The van der Waals surface area contributed by atoms with Gasteiger partial charge in [-0.05, 0) is 37.6 Å². The minimum Gasteiger partial charge on any atom is -0.459 e. The predicted molar refractivity (Wildman–Crippen MR) is 97.9 cm³/mol. The number of furan rings is 1. The van der Waals surface area contributed by atoms with Crippen molar-refractivity contribution in [3.05, 3.63) is 54.0 Å². The van der Waals surface area contributed by atoms with E-state index in [1.807, 2.05) is 13.8 Å². The Labute approximate surface area is 152 Å². The molecule has 0 aliphatic carbocycles. The van der Waals surface area contributed by atoms with Gasteiger partial charge in [-0.15, -0.1) is 0 Å². The van der Waals surface area contributed by atoms with Gasteiger partial charge in [-0.25, -0.2) is 0 Å².